The lowest BCUT2D eigenvalue weighted by molar-refractivity contribution is -0.147. The topological polar surface area (TPSA) is 38.3 Å². The van der Waals surface area contributed by atoms with Gasteiger partial charge in [0.15, 0.2) is 0 Å². The Morgan fingerprint density at radius 3 is 2.81 bits per heavy atom. The average Bonchev–Trinajstić information content (AvgIpc) is 2.54. The highest BCUT2D eigenvalue weighted by Crippen LogP contribution is 2.18. The number of unbranched alkanes of at least 4 members (excludes halogenated alkanes) is 1. The number of rotatable bonds is 7. The van der Waals surface area contributed by atoms with Crippen molar-refractivity contribution in [2.24, 2.45) is 5.92 Å². The van der Waals surface area contributed by atoms with Crippen LogP contribution in [-0.2, 0) is 22.5 Å². The predicted molar refractivity (Wildman–Crippen MR) is 85.0 cm³/mol. The second kappa shape index (κ2) is 8.18. The van der Waals surface area contributed by atoms with Crippen molar-refractivity contribution in [1.29, 1.82) is 0 Å². The van der Waals surface area contributed by atoms with Crippen LogP contribution in [0.1, 0.15) is 50.7 Å². The van der Waals surface area contributed by atoms with E-state index < -0.39 is 0 Å². The zero-order valence-corrected chi connectivity index (χ0v) is 13.2. The first kappa shape index (κ1) is 16.0. The maximum Gasteiger partial charge on any atom is 0.323 e. The Morgan fingerprint density at radius 1 is 1.33 bits per heavy atom. The largest absolute Gasteiger partial charge is 0.464 e. The highest BCUT2D eigenvalue weighted by Gasteiger charge is 2.25. The normalized spacial score (nSPS) is 18.9. The van der Waals surface area contributed by atoms with Gasteiger partial charge < -0.3 is 10.1 Å². The van der Waals surface area contributed by atoms with E-state index in [0.29, 0.717) is 12.5 Å². The van der Waals surface area contributed by atoms with Gasteiger partial charge in [0.05, 0.1) is 6.61 Å². The summed E-state index contributed by atoms with van der Waals surface area (Å²) in [5.74, 6) is 0.407. The summed E-state index contributed by atoms with van der Waals surface area (Å²) >= 11 is 0. The molecule has 2 rings (SSSR count). The average molecular weight is 289 g/mol. The summed E-state index contributed by atoms with van der Waals surface area (Å²) in [5, 5.41) is 3.29. The molecule has 1 aromatic rings. The molecule has 0 fully saturated rings. The molecule has 0 amide bonds. The number of carbonyl (C=O) groups excluding carboxylic acids is 1. The first-order valence-corrected chi connectivity index (χ1v) is 8.21. The molecule has 21 heavy (non-hydrogen) atoms. The van der Waals surface area contributed by atoms with E-state index >= 15 is 0 Å². The van der Waals surface area contributed by atoms with Crippen LogP contribution in [0.15, 0.2) is 24.3 Å². The molecule has 1 heterocycles. The second-order valence-corrected chi connectivity index (χ2v) is 5.95. The fourth-order valence-electron chi connectivity index (χ4n) is 2.82. The van der Waals surface area contributed by atoms with Crippen LogP contribution in [0.25, 0.3) is 0 Å². The van der Waals surface area contributed by atoms with E-state index in [1.807, 2.05) is 12.1 Å². The summed E-state index contributed by atoms with van der Waals surface area (Å²) in [6, 6.07) is 8.10. The number of benzene rings is 1. The molecule has 1 aliphatic rings. The van der Waals surface area contributed by atoms with Crippen LogP contribution in [0.3, 0.4) is 0 Å². The molecular weight excluding hydrogens is 262 g/mol. The van der Waals surface area contributed by atoms with Crippen molar-refractivity contribution in [3.05, 3.63) is 35.4 Å². The molecule has 0 aliphatic carbocycles. The molecule has 0 spiro atoms. The molecule has 116 valence electrons. The third-order valence-corrected chi connectivity index (χ3v) is 4.37. The number of hydrogen-bond donors (Lipinski definition) is 1. The van der Waals surface area contributed by atoms with Gasteiger partial charge >= 0.3 is 5.97 Å². The molecule has 1 unspecified atom stereocenters. The Bertz CT molecular complexity index is 458. The molecular formula is C18H27NO2. The zero-order chi connectivity index (χ0) is 15.1. The minimum atomic E-state index is -0.191. The van der Waals surface area contributed by atoms with Crippen LogP contribution in [-0.4, -0.2) is 18.6 Å². The molecule has 1 aromatic carbocycles. The maximum absolute atomic E-state index is 12.2. The fourth-order valence-corrected chi connectivity index (χ4v) is 2.82. The summed E-state index contributed by atoms with van der Waals surface area (Å²) in [6.07, 6.45) is 5.38. The van der Waals surface area contributed by atoms with Crippen molar-refractivity contribution in [3.63, 3.8) is 0 Å². The van der Waals surface area contributed by atoms with Gasteiger partial charge in [0.2, 0.25) is 0 Å². The lowest BCUT2D eigenvalue weighted by atomic mass is 9.96. The SMILES string of the molecule is CCCCC(CC)COC(=O)[C@@H]1Cc2ccccc2CN1. The van der Waals surface area contributed by atoms with Gasteiger partial charge in [-0.05, 0) is 29.9 Å². The Labute approximate surface area is 128 Å². The number of nitrogens with one attached hydrogen (secondary N) is 1. The quantitative estimate of drug-likeness (QED) is 0.781. The van der Waals surface area contributed by atoms with Gasteiger partial charge in [-0.3, -0.25) is 4.79 Å². The van der Waals surface area contributed by atoms with Crippen LogP contribution in [0.2, 0.25) is 0 Å². The molecule has 0 bridgehead atoms. The van der Waals surface area contributed by atoms with Crippen LogP contribution >= 0.6 is 0 Å². The molecule has 2 atom stereocenters. The third-order valence-electron chi connectivity index (χ3n) is 4.37. The van der Waals surface area contributed by atoms with Crippen molar-refractivity contribution in [3.8, 4) is 0 Å². The molecule has 3 heteroatoms. The van der Waals surface area contributed by atoms with Crippen molar-refractivity contribution in [2.75, 3.05) is 6.61 Å². The summed E-state index contributed by atoms with van der Waals surface area (Å²) in [7, 11) is 0. The van der Waals surface area contributed by atoms with Gasteiger partial charge in [-0.2, -0.15) is 0 Å². The zero-order valence-electron chi connectivity index (χ0n) is 13.2. The molecule has 0 saturated carbocycles. The van der Waals surface area contributed by atoms with Gasteiger partial charge in [-0.15, -0.1) is 0 Å². The van der Waals surface area contributed by atoms with Crippen molar-refractivity contribution in [1.82, 2.24) is 5.32 Å². The lowest BCUT2D eigenvalue weighted by Crippen LogP contribution is -2.43. The van der Waals surface area contributed by atoms with Gasteiger partial charge in [0.1, 0.15) is 6.04 Å². The standard InChI is InChI=1S/C18H27NO2/c1-3-5-8-14(4-2)13-21-18(20)17-11-15-9-6-7-10-16(15)12-19-17/h6-7,9-10,14,17,19H,3-5,8,11-13H2,1-2H3/t14?,17-/m0/s1. The fraction of sp³-hybridized carbons (Fsp3) is 0.611. The molecule has 1 N–H and O–H groups in total. The van der Waals surface area contributed by atoms with Crippen molar-refractivity contribution < 1.29 is 9.53 Å². The Balaban J connectivity index is 1.82. The first-order valence-electron chi connectivity index (χ1n) is 8.21. The number of hydrogen-bond acceptors (Lipinski definition) is 3. The van der Waals surface area contributed by atoms with Crippen LogP contribution < -0.4 is 5.32 Å². The van der Waals surface area contributed by atoms with Crippen LogP contribution in [0.4, 0.5) is 0 Å². The Morgan fingerprint density at radius 2 is 2.10 bits per heavy atom. The van der Waals surface area contributed by atoms with Crippen LogP contribution in [0.5, 0.6) is 0 Å². The number of carbonyl (C=O) groups is 1. The van der Waals surface area contributed by atoms with Gasteiger partial charge in [-0.25, -0.2) is 0 Å². The van der Waals surface area contributed by atoms with E-state index in [1.54, 1.807) is 0 Å². The highest BCUT2D eigenvalue weighted by molar-refractivity contribution is 5.76. The summed E-state index contributed by atoms with van der Waals surface area (Å²) < 4.78 is 5.55. The van der Waals surface area contributed by atoms with Gasteiger partial charge in [0.25, 0.3) is 0 Å². The Hall–Kier alpha value is -1.35. The van der Waals surface area contributed by atoms with E-state index in [9.17, 15) is 4.79 Å². The number of ether oxygens (including phenoxy) is 1. The van der Waals surface area contributed by atoms with E-state index in [0.717, 1.165) is 25.8 Å². The molecule has 0 aromatic heterocycles. The molecule has 0 radical (unpaired) electrons. The lowest BCUT2D eigenvalue weighted by Gasteiger charge is -2.25. The maximum atomic E-state index is 12.2. The van der Waals surface area contributed by atoms with E-state index in [1.165, 1.54) is 24.0 Å². The van der Waals surface area contributed by atoms with Crippen molar-refractivity contribution in [2.45, 2.75) is 58.5 Å². The molecule has 0 saturated heterocycles. The predicted octanol–water partition coefficient (Wildman–Crippen LogP) is 3.46. The number of fused-ring (bicyclic) bond motifs is 1. The minimum absolute atomic E-state index is 0.0977. The minimum Gasteiger partial charge on any atom is -0.464 e. The van der Waals surface area contributed by atoms with Crippen molar-refractivity contribution >= 4 is 5.97 Å². The summed E-state index contributed by atoms with van der Waals surface area (Å²) in [6.45, 7) is 5.68. The molecule has 1 aliphatic heterocycles. The molecule has 3 nitrogen and oxygen atoms in total. The number of esters is 1. The highest BCUT2D eigenvalue weighted by atomic mass is 16.5. The van der Waals surface area contributed by atoms with Gasteiger partial charge in [-0.1, -0.05) is 57.4 Å². The van der Waals surface area contributed by atoms with Gasteiger partial charge in [0, 0.05) is 6.54 Å². The Kier molecular flexibility index (Phi) is 6.24. The first-order chi connectivity index (χ1) is 10.2. The monoisotopic (exact) mass is 289 g/mol. The van der Waals surface area contributed by atoms with Crippen LogP contribution in [0, 0.1) is 5.92 Å². The third kappa shape index (κ3) is 4.57. The van der Waals surface area contributed by atoms with E-state index in [-0.39, 0.29) is 12.0 Å². The van der Waals surface area contributed by atoms with E-state index in [4.69, 9.17) is 4.74 Å². The summed E-state index contributed by atoms with van der Waals surface area (Å²) in [5.41, 5.74) is 2.55. The summed E-state index contributed by atoms with van der Waals surface area (Å²) in [4.78, 5) is 12.2. The smallest absolute Gasteiger partial charge is 0.323 e. The second-order valence-electron chi connectivity index (χ2n) is 5.95. The van der Waals surface area contributed by atoms with E-state index in [2.05, 4.69) is 31.3 Å².